The third kappa shape index (κ3) is 2.95. The summed E-state index contributed by atoms with van der Waals surface area (Å²) in [6.07, 6.45) is 0. The van der Waals surface area contributed by atoms with Gasteiger partial charge in [-0.25, -0.2) is 0 Å². The number of hydrogen-bond donors (Lipinski definition) is 2. The summed E-state index contributed by atoms with van der Waals surface area (Å²) in [5.41, 5.74) is 1.13. The summed E-state index contributed by atoms with van der Waals surface area (Å²) >= 11 is 0. The number of rotatable bonds is 4. The number of hydrogen-bond acceptors (Lipinski definition) is 4. The standard InChI is InChI=1S/C16H19N3O3/c1-10-12(14(20)18-11-8-6-5-7-9-11)13(15(17-2)22-10)16(21)19(3)4/h5-9,17H,1-4H3,(H,18,20). The predicted molar refractivity (Wildman–Crippen MR) is 85.4 cm³/mol. The molecule has 0 aliphatic carbocycles. The summed E-state index contributed by atoms with van der Waals surface area (Å²) in [7, 11) is 4.90. The highest BCUT2D eigenvalue weighted by atomic mass is 16.4. The molecule has 0 spiro atoms. The Bertz CT molecular complexity index is 690. The first kappa shape index (κ1) is 15.6. The predicted octanol–water partition coefficient (Wildman–Crippen LogP) is 2.58. The van der Waals surface area contributed by atoms with Crippen molar-refractivity contribution in [1.82, 2.24) is 4.90 Å². The molecule has 0 aliphatic rings. The second-order valence-corrected chi connectivity index (χ2v) is 5.01. The maximum atomic E-state index is 12.5. The van der Waals surface area contributed by atoms with Crippen LogP contribution in [0.4, 0.5) is 11.6 Å². The minimum atomic E-state index is -0.376. The minimum Gasteiger partial charge on any atom is -0.444 e. The molecule has 2 aromatic rings. The fourth-order valence-electron chi connectivity index (χ4n) is 2.14. The number of para-hydroxylation sites is 1. The van der Waals surface area contributed by atoms with Crippen molar-refractivity contribution in [3.05, 3.63) is 47.2 Å². The highest BCUT2D eigenvalue weighted by Crippen LogP contribution is 2.28. The third-order valence-electron chi connectivity index (χ3n) is 3.19. The van der Waals surface area contributed by atoms with E-state index in [0.29, 0.717) is 11.4 Å². The molecule has 2 N–H and O–H groups in total. The molecule has 0 aliphatic heterocycles. The summed E-state index contributed by atoms with van der Waals surface area (Å²) in [6, 6.07) is 9.06. The number of carbonyl (C=O) groups is 2. The number of benzene rings is 1. The zero-order valence-corrected chi connectivity index (χ0v) is 13.1. The molecule has 0 bridgehead atoms. The molecule has 0 atom stereocenters. The molecule has 1 aromatic carbocycles. The highest BCUT2D eigenvalue weighted by Gasteiger charge is 2.29. The van der Waals surface area contributed by atoms with Crippen molar-refractivity contribution in [2.45, 2.75) is 6.92 Å². The van der Waals surface area contributed by atoms with Gasteiger partial charge >= 0.3 is 0 Å². The second kappa shape index (κ2) is 6.34. The van der Waals surface area contributed by atoms with E-state index in [4.69, 9.17) is 4.42 Å². The highest BCUT2D eigenvalue weighted by molar-refractivity contribution is 6.14. The van der Waals surface area contributed by atoms with Gasteiger partial charge in [0.05, 0.1) is 5.56 Å². The number of furan rings is 1. The van der Waals surface area contributed by atoms with Crippen LogP contribution in [0.2, 0.25) is 0 Å². The van der Waals surface area contributed by atoms with Gasteiger partial charge in [-0.3, -0.25) is 9.59 Å². The number of anilines is 2. The third-order valence-corrected chi connectivity index (χ3v) is 3.19. The molecule has 2 rings (SSSR count). The first-order valence-electron chi connectivity index (χ1n) is 6.85. The van der Waals surface area contributed by atoms with Crippen LogP contribution in [0.15, 0.2) is 34.7 Å². The van der Waals surface area contributed by atoms with Gasteiger partial charge in [0.15, 0.2) is 0 Å². The Morgan fingerprint density at radius 2 is 1.73 bits per heavy atom. The molecule has 22 heavy (non-hydrogen) atoms. The van der Waals surface area contributed by atoms with Crippen LogP contribution in [-0.2, 0) is 0 Å². The van der Waals surface area contributed by atoms with Crippen LogP contribution in [0.1, 0.15) is 26.5 Å². The van der Waals surface area contributed by atoms with Gasteiger partial charge in [0.25, 0.3) is 11.8 Å². The van der Waals surface area contributed by atoms with E-state index < -0.39 is 0 Å². The number of nitrogens with zero attached hydrogens (tertiary/aromatic N) is 1. The van der Waals surface area contributed by atoms with Gasteiger partial charge in [-0.1, -0.05) is 18.2 Å². The summed E-state index contributed by atoms with van der Waals surface area (Å²) in [5, 5.41) is 5.59. The molecule has 0 saturated heterocycles. The topological polar surface area (TPSA) is 74.6 Å². The lowest BCUT2D eigenvalue weighted by molar-refractivity contribution is 0.0822. The van der Waals surface area contributed by atoms with Gasteiger partial charge < -0.3 is 20.0 Å². The van der Waals surface area contributed by atoms with Crippen molar-refractivity contribution >= 4 is 23.4 Å². The van der Waals surface area contributed by atoms with Crippen molar-refractivity contribution in [3.8, 4) is 0 Å². The second-order valence-electron chi connectivity index (χ2n) is 5.01. The molecule has 0 saturated carbocycles. The van der Waals surface area contributed by atoms with Crippen molar-refractivity contribution in [1.29, 1.82) is 0 Å². The van der Waals surface area contributed by atoms with E-state index in [2.05, 4.69) is 10.6 Å². The average molecular weight is 301 g/mol. The molecule has 6 nitrogen and oxygen atoms in total. The van der Waals surface area contributed by atoms with Crippen molar-refractivity contribution in [3.63, 3.8) is 0 Å². The van der Waals surface area contributed by atoms with E-state index in [1.54, 1.807) is 40.2 Å². The van der Waals surface area contributed by atoms with Gasteiger partial charge in [0.2, 0.25) is 5.88 Å². The summed E-state index contributed by atoms with van der Waals surface area (Å²) in [4.78, 5) is 26.3. The monoisotopic (exact) mass is 301 g/mol. The Kier molecular flexibility index (Phi) is 4.50. The molecule has 0 radical (unpaired) electrons. The zero-order chi connectivity index (χ0) is 16.3. The zero-order valence-electron chi connectivity index (χ0n) is 13.1. The van der Waals surface area contributed by atoms with Crippen LogP contribution in [-0.4, -0.2) is 37.9 Å². The molecular formula is C16H19N3O3. The quantitative estimate of drug-likeness (QED) is 0.910. The van der Waals surface area contributed by atoms with E-state index in [1.807, 2.05) is 18.2 Å². The molecule has 2 amide bonds. The first-order valence-corrected chi connectivity index (χ1v) is 6.85. The number of carbonyl (C=O) groups excluding carboxylic acids is 2. The van der Waals surface area contributed by atoms with Gasteiger partial charge in [0.1, 0.15) is 11.3 Å². The van der Waals surface area contributed by atoms with E-state index in [9.17, 15) is 9.59 Å². The fraction of sp³-hybridized carbons (Fsp3) is 0.250. The number of aryl methyl sites for hydroxylation is 1. The Morgan fingerprint density at radius 1 is 1.09 bits per heavy atom. The Balaban J connectivity index is 2.43. The van der Waals surface area contributed by atoms with E-state index >= 15 is 0 Å². The SMILES string of the molecule is CNc1oc(C)c(C(=O)Nc2ccccc2)c1C(=O)N(C)C. The average Bonchev–Trinajstić information content (AvgIpc) is 2.83. The number of nitrogens with one attached hydrogen (secondary N) is 2. The van der Waals surface area contributed by atoms with Crippen molar-refractivity contribution in [2.24, 2.45) is 0 Å². The van der Waals surface area contributed by atoms with E-state index in [1.165, 1.54) is 4.90 Å². The Hall–Kier alpha value is -2.76. The molecule has 6 heteroatoms. The minimum absolute atomic E-state index is 0.235. The fourth-order valence-corrected chi connectivity index (χ4v) is 2.14. The van der Waals surface area contributed by atoms with Gasteiger partial charge in [-0.2, -0.15) is 0 Å². The molecule has 0 unspecified atom stereocenters. The molecular weight excluding hydrogens is 282 g/mol. The number of amides is 2. The summed E-state index contributed by atoms with van der Waals surface area (Å²) in [6.45, 7) is 1.66. The summed E-state index contributed by atoms with van der Waals surface area (Å²) in [5.74, 6) is 0.0101. The van der Waals surface area contributed by atoms with Gasteiger partial charge in [-0.05, 0) is 19.1 Å². The van der Waals surface area contributed by atoms with Crippen LogP contribution in [0.3, 0.4) is 0 Å². The van der Waals surface area contributed by atoms with Gasteiger partial charge in [-0.15, -0.1) is 0 Å². The van der Waals surface area contributed by atoms with Crippen LogP contribution < -0.4 is 10.6 Å². The van der Waals surface area contributed by atoms with Crippen molar-refractivity contribution in [2.75, 3.05) is 31.8 Å². The van der Waals surface area contributed by atoms with Crippen LogP contribution in [0, 0.1) is 6.92 Å². The van der Waals surface area contributed by atoms with Crippen LogP contribution in [0.5, 0.6) is 0 Å². The summed E-state index contributed by atoms with van der Waals surface area (Å²) < 4.78 is 5.51. The van der Waals surface area contributed by atoms with E-state index in [-0.39, 0.29) is 28.8 Å². The molecule has 0 fully saturated rings. The maximum absolute atomic E-state index is 12.5. The van der Waals surface area contributed by atoms with E-state index in [0.717, 1.165) is 0 Å². The smallest absolute Gasteiger partial charge is 0.260 e. The lowest BCUT2D eigenvalue weighted by Gasteiger charge is -2.12. The first-order chi connectivity index (χ1) is 10.5. The van der Waals surface area contributed by atoms with Crippen LogP contribution in [0.25, 0.3) is 0 Å². The Morgan fingerprint density at radius 3 is 2.27 bits per heavy atom. The van der Waals surface area contributed by atoms with Crippen molar-refractivity contribution < 1.29 is 14.0 Å². The normalized spacial score (nSPS) is 10.2. The molecule has 1 aromatic heterocycles. The lowest BCUT2D eigenvalue weighted by Crippen LogP contribution is -2.25. The molecule has 116 valence electrons. The lowest BCUT2D eigenvalue weighted by atomic mass is 10.1. The van der Waals surface area contributed by atoms with Gasteiger partial charge in [0, 0.05) is 26.8 Å². The molecule has 1 heterocycles. The largest absolute Gasteiger partial charge is 0.444 e. The maximum Gasteiger partial charge on any atom is 0.260 e. The van der Waals surface area contributed by atoms with Crippen LogP contribution >= 0.6 is 0 Å². The Labute approximate surface area is 129 Å².